The highest BCUT2D eigenvalue weighted by molar-refractivity contribution is 4.92. The molecule has 0 radical (unpaired) electrons. The van der Waals surface area contributed by atoms with Crippen LogP contribution in [0.5, 0.6) is 0 Å². The van der Waals surface area contributed by atoms with Gasteiger partial charge in [0.2, 0.25) is 0 Å². The molecule has 2 aliphatic carbocycles. The highest BCUT2D eigenvalue weighted by Gasteiger charge is 2.39. The fourth-order valence-electron chi connectivity index (χ4n) is 3.56. The molecule has 0 aliphatic heterocycles. The summed E-state index contributed by atoms with van der Waals surface area (Å²) in [5.74, 6) is 0.751. The molecule has 2 fully saturated rings. The first-order chi connectivity index (χ1) is 8.90. The molecule has 2 nitrogen and oxygen atoms in total. The molecule has 0 aromatic carbocycles. The predicted molar refractivity (Wildman–Crippen MR) is 81.5 cm³/mol. The van der Waals surface area contributed by atoms with Gasteiger partial charge in [0.1, 0.15) is 0 Å². The third kappa shape index (κ3) is 4.46. The van der Waals surface area contributed by atoms with Gasteiger partial charge in [0.15, 0.2) is 0 Å². The molecule has 0 spiro atoms. The minimum absolute atomic E-state index is 0.129. The molecule has 2 saturated carbocycles. The van der Waals surface area contributed by atoms with Gasteiger partial charge in [-0.25, -0.2) is 0 Å². The lowest BCUT2D eigenvalue weighted by Crippen LogP contribution is -2.50. The Bertz CT molecular complexity index is 275. The van der Waals surface area contributed by atoms with Crippen molar-refractivity contribution < 1.29 is 4.74 Å². The number of ether oxygens (including phenoxy) is 1. The zero-order valence-electron chi connectivity index (χ0n) is 13.4. The smallest absolute Gasteiger partial charge is 0.0810 e. The van der Waals surface area contributed by atoms with Crippen LogP contribution in [0.3, 0.4) is 0 Å². The summed E-state index contributed by atoms with van der Waals surface area (Å²) in [6.07, 6.45) is 11.1. The van der Waals surface area contributed by atoms with Gasteiger partial charge >= 0.3 is 0 Å². The molecule has 0 bridgehead atoms. The van der Waals surface area contributed by atoms with Crippen LogP contribution in [0.1, 0.15) is 79.1 Å². The van der Waals surface area contributed by atoms with E-state index in [1.54, 1.807) is 0 Å². The van der Waals surface area contributed by atoms with Gasteiger partial charge in [-0.1, -0.05) is 32.6 Å². The van der Waals surface area contributed by atoms with E-state index >= 15 is 0 Å². The lowest BCUT2D eigenvalue weighted by Gasteiger charge is -2.40. The molecule has 19 heavy (non-hydrogen) atoms. The second-order valence-electron chi connectivity index (χ2n) is 7.91. The van der Waals surface area contributed by atoms with E-state index in [1.165, 1.54) is 51.4 Å². The quantitative estimate of drug-likeness (QED) is 0.820. The monoisotopic (exact) mass is 267 g/mol. The van der Waals surface area contributed by atoms with E-state index in [4.69, 9.17) is 4.74 Å². The lowest BCUT2D eigenvalue weighted by atomic mass is 9.87. The molecule has 0 saturated heterocycles. The van der Waals surface area contributed by atoms with Crippen molar-refractivity contribution in [2.24, 2.45) is 5.92 Å². The van der Waals surface area contributed by atoms with Crippen molar-refractivity contribution in [3.8, 4) is 0 Å². The Morgan fingerprint density at radius 2 is 1.68 bits per heavy atom. The van der Waals surface area contributed by atoms with E-state index in [-0.39, 0.29) is 11.1 Å². The van der Waals surface area contributed by atoms with Crippen molar-refractivity contribution in [2.45, 2.75) is 96.3 Å². The van der Waals surface area contributed by atoms with Crippen molar-refractivity contribution in [1.82, 2.24) is 5.32 Å². The van der Waals surface area contributed by atoms with E-state index in [2.05, 4.69) is 33.0 Å². The minimum Gasteiger partial charge on any atom is -0.370 e. The number of hydrogen-bond donors (Lipinski definition) is 1. The number of rotatable bonds is 4. The molecule has 0 amide bonds. The Balaban J connectivity index is 1.94. The predicted octanol–water partition coefficient (Wildman–Crippen LogP) is 4.28. The van der Waals surface area contributed by atoms with Crippen LogP contribution in [-0.2, 0) is 4.74 Å². The molecule has 2 aliphatic rings. The number of nitrogens with one attached hydrogen (secondary N) is 1. The van der Waals surface area contributed by atoms with E-state index in [0.717, 1.165) is 12.5 Å². The summed E-state index contributed by atoms with van der Waals surface area (Å²) in [6.45, 7) is 10.2. The van der Waals surface area contributed by atoms with Gasteiger partial charge in [0.05, 0.1) is 11.7 Å². The molecule has 2 rings (SSSR count). The second-order valence-corrected chi connectivity index (χ2v) is 7.91. The molecule has 0 heterocycles. The third-order valence-corrected chi connectivity index (χ3v) is 4.89. The molecular weight excluding hydrogens is 234 g/mol. The lowest BCUT2D eigenvalue weighted by molar-refractivity contribution is -0.120. The normalized spacial score (nSPS) is 31.6. The van der Waals surface area contributed by atoms with Gasteiger partial charge in [-0.15, -0.1) is 0 Å². The van der Waals surface area contributed by atoms with Crippen LogP contribution in [0.25, 0.3) is 0 Å². The van der Waals surface area contributed by atoms with Gasteiger partial charge in [-0.2, -0.15) is 0 Å². The average molecular weight is 267 g/mol. The standard InChI is InChI=1S/C17H33NO/c1-14-9-5-6-10-15(14)19-17(11-7-8-12-17)13-18-16(2,3)4/h14-15,18H,5-13H2,1-4H3. The van der Waals surface area contributed by atoms with Crippen LogP contribution in [0.4, 0.5) is 0 Å². The maximum absolute atomic E-state index is 6.69. The highest BCUT2D eigenvalue weighted by atomic mass is 16.5. The summed E-state index contributed by atoms with van der Waals surface area (Å²) >= 11 is 0. The summed E-state index contributed by atoms with van der Waals surface area (Å²) in [5, 5.41) is 3.68. The van der Waals surface area contributed by atoms with Gasteiger partial charge < -0.3 is 10.1 Å². The summed E-state index contributed by atoms with van der Waals surface area (Å²) in [6, 6.07) is 0. The third-order valence-electron chi connectivity index (χ3n) is 4.89. The molecule has 2 heteroatoms. The van der Waals surface area contributed by atoms with Crippen LogP contribution in [-0.4, -0.2) is 23.8 Å². The molecular formula is C17H33NO. The first-order valence-corrected chi connectivity index (χ1v) is 8.33. The van der Waals surface area contributed by atoms with Gasteiger partial charge in [0.25, 0.3) is 0 Å². The van der Waals surface area contributed by atoms with Gasteiger partial charge in [0, 0.05) is 12.1 Å². The summed E-state index contributed by atoms with van der Waals surface area (Å²) in [4.78, 5) is 0. The maximum Gasteiger partial charge on any atom is 0.0810 e. The average Bonchev–Trinajstić information content (AvgIpc) is 2.78. The molecule has 1 N–H and O–H groups in total. The van der Waals surface area contributed by atoms with E-state index in [1.807, 2.05) is 0 Å². The zero-order valence-corrected chi connectivity index (χ0v) is 13.4. The first kappa shape index (κ1) is 15.3. The fourth-order valence-corrected chi connectivity index (χ4v) is 3.56. The van der Waals surface area contributed by atoms with Gasteiger partial charge in [-0.3, -0.25) is 0 Å². The number of hydrogen-bond acceptors (Lipinski definition) is 2. The van der Waals surface area contributed by atoms with Crippen LogP contribution >= 0.6 is 0 Å². The fraction of sp³-hybridized carbons (Fsp3) is 1.00. The van der Waals surface area contributed by atoms with Crippen LogP contribution < -0.4 is 5.32 Å². The van der Waals surface area contributed by atoms with E-state index < -0.39 is 0 Å². The van der Waals surface area contributed by atoms with E-state index in [9.17, 15) is 0 Å². The van der Waals surface area contributed by atoms with Crippen molar-refractivity contribution in [3.63, 3.8) is 0 Å². The van der Waals surface area contributed by atoms with Gasteiger partial charge in [-0.05, 0) is 52.4 Å². The summed E-state index contributed by atoms with van der Waals surface area (Å²) in [5.41, 5.74) is 0.320. The Hall–Kier alpha value is -0.0800. The molecule has 2 atom stereocenters. The summed E-state index contributed by atoms with van der Waals surface area (Å²) < 4.78 is 6.69. The Kier molecular flexibility index (Phi) is 4.94. The minimum atomic E-state index is 0.129. The Labute approximate surface area is 119 Å². The molecule has 2 unspecified atom stereocenters. The SMILES string of the molecule is CC1CCCCC1OC1(CNC(C)(C)C)CCCC1. The Morgan fingerprint density at radius 1 is 1.05 bits per heavy atom. The van der Waals surface area contributed by atoms with Crippen LogP contribution in [0, 0.1) is 5.92 Å². The Morgan fingerprint density at radius 3 is 2.26 bits per heavy atom. The first-order valence-electron chi connectivity index (χ1n) is 8.33. The van der Waals surface area contributed by atoms with E-state index in [0.29, 0.717) is 6.10 Å². The molecule has 0 aromatic heterocycles. The summed E-state index contributed by atoms with van der Waals surface area (Å²) in [7, 11) is 0. The maximum atomic E-state index is 6.69. The van der Waals surface area contributed by atoms with Crippen molar-refractivity contribution in [2.75, 3.05) is 6.54 Å². The van der Waals surface area contributed by atoms with Crippen LogP contribution in [0.2, 0.25) is 0 Å². The topological polar surface area (TPSA) is 21.3 Å². The zero-order chi connectivity index (χ0) is 13.9. The van der Waals surface area contributed by atoms with Crippen molar-refractivity contribution >= 4 is 0 Å². The van der Waals surface area contributed by atoms with Crippen LogP contribution in [0.15, 0.2) is 0 Å². The molecule has 0 aromatic rings. The molecule has 112 valence electrons. The van der Waals surface area contributed by atoms with Crippen molar-refractivity contribution in [3.05, 3.63) is 0 Å². The highest BCUT2D eigenvalue weighted by Crippen LogP contribution is 2.38. The van der Waals surface area contributed by atoms with Crippen molar-refractivity contribution in [1.29, 1.82) is 0 Å². The largest absolute Gasteiger partial charge is 0.370 e. The second kappa shape index (κ2) is 6.13.